The molecule has 106 valence electrons. The number of rotatable bonds is 2. The third kappa shape index (κ3) is 2.71. The molecule has 0 saturated carbocycles. The first-order valence-corrected chi connectivity index (χ1v) is 7.86. The number of aliphatic hydroxyl groups is 1. The van der Waals surface area contributed by atoms with Crippen molar-refractivity contribution in [2.24, 2.45) is 0 Å². The molecule has 0 spiro atoms. The SMILES string of the molecule is Cc1ccc2ccccc2c1[C@H](O)c1cc(Br)ccc1Cl. The average molecular weight is 362 g/mol. The summed E-state index contributed by atoms with van der Waals surface area (Å²) in [7, 11) is 0. The molecule has 21 heavy (non-hydrogen) atoms. The van der Waals surface area contributed by atoms with E-state index >= 15 is 0 Å². The largest absolute Gasteiger partial charge is 0.384 e. The monoisotopic (exact) mass is 360 g/mol. The number of hydrogen-bond acceptors (Lipinski definition) is 1. The predicted molar refractivity (Wildman–Crippen MR) is 91.9 cm³/mol. The summed E-state index contributed by atoms with van der Waals surface area (Å²) in [6.45, 7) is 2.01. The van der Waals surface area contributed by atoms with Crippen molar-refractivity contribution >= 4 is 38.3 Å². The van der Waals surface area contributed by atoms with Gasteiger partial charge in [-0.3, -0.25) is 0 Å². The van der Waals surface area contributed by atoms with E-state index in [1.54, 1.807) is 6.07 Å². The van der Waals surface area contributed by atoms with E-state index in [2.05, 4.69) is 22.0 Å². The van der Waals surface area contributed by atoms with Gasteiger partial charge in [0.1, 0.15) is 6.10 Å². The molecule has 1 N–H and O–H groups in total. The summed E-state index contributed by atoms with van der Waals surface area (Å²) in [5.74, 6) is 0. The minimum Gasteiger partial charge on any atom is -0.384 e. The Morgan fingerprint density at radius 3 is 2.62 bits per heavy atom. The zero-order valence-electron chi connectivity index (χ0n) is 11.5. The van der Waals surface area contributed by atoms with E-state index in [0.717, 1.165) is 26.4 Å². The van der Waals surface area contributed by atoms with Crippen molar-refractivity contribution in [3.05, 3.63) is 80.8 Å². The van der Waals surface area contributed by atoms with E-state index in [9.17, 15) is 5.11 Å². The lowest BCUT2D eigenvalue weighted by atomic mass is 9.92. The Labute approximate surface area is 137 Å². The second-order valence-corrected chi connectivity index (χ2v) is 6.41. The predicted octanol–water partition coefficient (Wildman–Crippen LogP) is 5.65. The van der Waals surface area contributed by atoms with Crippen molar-refractivity contribution in [3.8, 4) is 0 Å². The number of halogens is 2. The van der Waals surface area contributed by atoms with Crippen LogP contribution in [0.1, 0.15) is 22.8 Å². The van der Waals surface area contributed by atoms with E-state index in [4.69, 9.17) is 11.6 Å². The molecule has 0 bridgehead atoms. The summed E-state index contributed by atoms with van der Waals surface area (Å²) in [6.07, 6.45) is -0.749. The van der Waals surface area contributed by atoms with Crippen LogP contribution in [0.5, 0.6) is 0 Å². The summed E-state index contributed by atoms with van der Waals surface area (Å²) >= 11 is 9.70. The topological polar surface area (TPSA) is 20.2 Å². The Hall–Kier alpha value is -1.35. The van der Waals surface area contributed by atoms with Crippen LogP contribution in [0.2, 0.25) is 5.02 Å². The first-order chi connectivity index (χ1) is 10.1. The Bertz CT molecular complexity index is 813. The highest BCUT2D eigenvalue weighted by atomic mass is 79.9. The minimum absolute atomic E-state index is 0.568. The van der Waals surface area contributed by atoms with Crippen molar-refractivity contribution in [2.75, 3.05) is 0 Å². The lowest BCUT2D eigenvalue weighted by Gasteiger charge is -2.18. The van der Waals surface area contributed by atoms with Crippen LogP contribution in [-0.2, 0) is 0 Å². The van der Waals surface area contributed by atoms with E-state index in [-0.39, 0.29) is 0 Å². The van der Waals surface area contributed by atoms with Crippen LogP contribution in [0.4, 0.5) is 0 Å². The third-order valence-electron chi connectivity index (χ3n) is 3.71. The first-order valence-electron chi connectivity index (χ1n) is 6.69. The van der Waals surface area contributed by atoms with Crippen molar-refractivity contribution in [3.63, 3.8) is 0 Å². The molecule has 3 aromatic rings. The van der Waals surface area contributed by atoms with Gasteiger partial charge in [-0.25, -0.2) is 0 Å². The lowest BCUT2D eigenvalue weighted by molar-refractivity contribution is 0.221. The first kappa shape index (κ1) is 14.6. The fourth-order valence-corrected chi connectivity index (χ4v) is 3.25. The molecule has 0 unspecified atom stereocenters. The van der Waals surface area contributed by atoms with E-state index < -0.39 is 6.10 Å². The van der Waals surface area contributed by atoms with Gasteiger partial charge in [0.05, 0.1) is 0 Å². The highest BCUT2D eigenvalue weighted by Gasteiger charge is 2.18. The van der Waals surface area contributed by atoms with E-state index in [1.165, 1.54) is 0 Å². The molecule has 0 saturated heterocycles. The number of aryl methyl sites for hydroxylation is 1. The summed E-state index contributed by atoms with van der Waals surface area (Å²) in [5, 5.41) is 13.6. The lowest BCUT2D eigenvalue weighted by Crippen LogP contribution is -2.04. The van der Waals surface area contributed by atoms with Gasteiger partial charge in [0.2, 0.25) is 0 Å². The minimum atomic E-state index is -0.749. The summed E-state index contributed by atoms with van der Waals surface area (Å²) in [4.78, 5) is 0. The standard InChI is InChI=1S/C18H14BrClO/c1-11-6-7-12-4-2-3-5-14(12)17(11)18(21)15-10-13(19)8-9-16(15)20/h2-10,18,21H,1H3/t18-/m1/s1. The molecule has 1 nitrogen and oxygen atoms in total. The summed E-state index contributed by atoms with van der Waals surface area (Å²) < 4.78 is 0.902. The number of hydrogen-bond donors (Lipinski definition) is 1. The van der Waals surface area contributed by atoms with Gasteiger partial charge in [-0.15, -0.1) is 0 Å². The molecule has 3 aromatic carbocycles. The van der Waals surface area contributed by atoms with Crippen molar-refractivity contribution in [1.82, 2.24) is 0 Å². The van der Waals surface area contributed by atoms with Crippen LogP contribution >= 0.6 is 27.5 Å². The molecular weight excluding hydrogens is 348 g/mol. The molecule has 0 heterocycles. The van der Waals surface area contributed by atoms with Crippen molar-refractivity contribution in [1.29, 1.82) is 0 Å². The maximum Gasteiger partial charge on any atom is 0.106 e. The molecule has 3 heteroatoms. The molecule has 0 aliphatic heterocycles. The summed E-state index contributed by atoms with van der Waals surface area (Å²) in [5.41, 5.74) is 2.68. The van der Waals surface area contributed by atoms with E-state index in [0.29, 0.717) is 10.6 Å². The van der Waals surface area contributed by atoms with E-state index in [1.807, 2.05) is 49.4 Å². The maximum absolute atomic E-state index is 10.9. The van der Waals surface area contributed by atoms with Crippen LogP contribution in [0.25, 0.3) is 10.8 Å². The molecule has 0 amide bonds. The average Bonchev–Trinajstić information content (AvgIpc) is 2.49. The van der Waals surface area contributed by atoms with Gasteiger partial charge < -0.3 is 5.11 Å². The Morgan fingerprint density at radius 2 is 1.81 bits per heavy atom. The van der Waals surface area contributed by atoms with Crippen LogP contribution < -0.4 is 0 Å². The fraction of sp³-hybridized carbons (Fsp3) is 0.111. The molecule has 1 atom stereocenters. The smallest absolute Gasteiger partial charge is 0.106 e. The Balaban J connectivity index is 2.24. The van der Waals surface area contributed by atoms with Crippen molar-refractivity contribution < 1.29 is 5.11 Å². The second-order valence-electron chi connectivity index (χ2n) is 5.09. The quantitative estimate of drug-likeness (QED) is 0.625. The molecule has 0 aromatic heterocycles. The van der Waals surface area contributed by atoms with Crippen LogP contribution in [0.15, 0.2) is 59.1 Å². The Kier molecular flexibility index (Phi) is 4.03. The van der Waals surface area contributed by atoms with Gasteiger partial charge in [0.15, 0.2) is 0 Å². The van der Waals surface area contributed by atoms with Gasteiger partial charge in [0.25, 0.3) is 0 Å². The highest BCUT2D eigenvalue weighted by molar-refractivity contribution is 9.10. The van der Waals surface area contributed by atoms with Gasteiger partial charge in [-0.05, 0) is 47.0 Å². The Morgan fingerprint density at radius 1 is 1.05 bits per heavy atom. The zero-order chi connectivity index (χ0) is 15.0. The van der Waals surface area contributed by atoms with Crippen molar-refractivity contribution in [2.45, 2.75) is 13.0 Å². The zero-order valence-corrected chi connectivity index (χ0v) is 13.8. The summed E-state index contributed by atoms with van der Waals surface area (Å²) in [6, 6.07) is 17.7. The normalized spacial score (nSPS) is 12.6. The molecule has 0 fully saturated rings. The number of fused-ring (bicyclic) bond motifs is 1. The highest BCUT2D eigenvalue weighted by Crippen LogP contribution is 2.35. The van der Waals surface area contributed by atoms with Crippen LogP contribution in [0, 0.1) is 6.92 Å². The van der Waals surface area contributed by atoms with Gasteiger partial charge in [0, 0.05) is 15.1 Å². The molecule has 3 rings (SSSR count). The fourth-order valence-electron chi connectivity index (χ4n) is 2.65. The number of aliphatic hydroxyl groups excluding tert-OH is 1. The van der Waals surface area contributed by atoms with Crippen LogP contribution in [0.3, 0.4) is 0 Å². The second kappa shape index (κ2) is 5.80. The molecule has 0 aliphatic carbocycles. The molecular formula is C18H14BrClO. The number of benzene rings is 3. The van der Waals surface area contributed by atoms with Crippen LogP contribution in [-0.4, -0.2) is 5.11 Å². The van der Waals surface area contributed by atoms with Gasteiger partial charge >= 0.3 is 0 Å². The molecule has 0 radical (unpaired) electrons. The van der Waals surface area contributed by atoms with Gasteiger partial charge in [-0.2, -0.15) is 0 Å². The maximum atomic E-state index is 10.9. The van der Waals surface area contributed by atoms with Gasteiger partial charge in [-0.1, -0.05) is 63.9 Å². The molecule has 0 aliphatic rings. The third-order valence-corrected chi connectivity index (χ3v) is 4.55.